The maximum Gasteiger partial charge on any atom is 0.239 e. The number of aromatic amines is 1. The summed E-state index contributed by atoms with van der Waals surface area (Å²) in [6, 6.07) is 19.2. The maximum absolute atomic E-state index is 3.90. The second-order valence-electron chi connectivity index (χ2n) is 5.04. The zero-order chi connectivity index (χ0) is 13.5. The topological polar surface area (TPSA) is 19.7 Å². The SMILES string of the molecule is C=CC[n+]1c2ccccc2cc2[nH]c3ccccc3c21.[Br-]. The molecule has 1 N–H and O–H groups in total. The van der Waals surface area contributed by atoms with Crippen LogP contribution in [0.5, 0.6) is 0 Å². The lowest BCUT2D eigenvalue weighted by molar-refractivity contribution is -0.633. The summed E-state index contributed by atoms with van der Waals surface area (Å²) < 4.78 is 2.33. The number of allylic oxidation sites excluding steroid dienone is 1. The average molecular weight is 339 g/mol. The van der Waals surface area contributed by atoms with Crippen LogP contribution in [0, 0.1) is 0 Å². The van der Waals surface area contributed by atoms with E-state index in [2.05, 4.69) is 70.7 Å². The van der Waals surface area contributed by atoms with Crippen molar-refractivity contribution in [1.29, 1.82) is 0 Å². The molecule has 0 saturated carbocycles. The van der Waals surface area contributed by atoms with E-state index in [1.165, 1.54) is 32.8 Å². The van der Waals surface area contributed by atoms with Crippen LogP contribution >= 0.6 is 0 Å². The van der Waals surface area contributed by atoms with Crippen LogP contribution in [0.3, 0.4) is 0 Å². The molecule has 0 spiro atoms. The first-order valence-electron chi connectivity index (χ1n) is 6.81. The molecule has 4 aromatic rings. The molecular formula is C18H15BrN2. The molecule has 2 nitrogen and oxygen atoms in total. The fourth-order valence-electron chi connectivity index (χ4n) is 2.99. The Kier molecular flexibility index (Phi) is 3.52. The van der Waals surface area contributed by atoms with Gasteiger partial charge in [-0.1, -0.05) is 30.8 Å². The van der Waals surface area contributed by atoms with E-state index in [0.717, 1.165) is 6.54 Å². The molecule has 0 unspecified atom stereocenters. The van der Waals surface area contributed by atoms with Gasteiger partial charge in [0.15, 0.2) is 6.54 Å². The van der Waals surface area contributed by atoms with Gasteiger partial charge in [-0.15, -0.1) is 0 Å². The highest BCUT2D eigenvalue weighted by atomic mass is 79.9. The molecule has 3 heteroatoms. The van der Waals surface area contributed by atoms with Crippen molar-refractivity contribution < 1.29 is 21.5 Å². The van der Waals surface area contributed by atoms with Crippen LogP contribution in [0.4, 0.5) is 0 Å². The lowest BCUT2D eigenvalue weighted by Crippen LogP contribution is -3.00. The van der Waals surface area contributed by atoms with Crippen molar-refractivity contribution in [3.05, 3.63) is 67.3 Å². The molecule has 4 rings (SSSR count). The van der Waals surface area contributed by atoms with Gasteiger partial charge in [-0.05, 0) is 30.3 Å². The van der Waals surface area contributed by atoms with Crippen LogP contribution in [0.25, 0.3) is 32.8 Å². The molecule has 0 fully saturated rings. The molecule has 0 aliphatic carbocycles. The van der Waals surface area contributed by atoms with E-state index in [1.807, 2.05) is 6.08 Å². The van der Waals surface area contributed by atoms with E-state index in [4.69, 9.17) is 0 Å². The van der Waals surface area contributed by atoms with Crippen LogP contribution in [-0.2, 0) is 6.54 Å². The van der Waals surface area contributed by atoms with E-state index in [0.29, 0.717) is 0 Å². The van der Waals surface area contributed by atoms with Crippen LogP contribution in [0.2, 0.25) is 0 Å². The Labute approximate surface area is 133 Å². The van der Waals surface area contributed by atoms with Gasteiger partial charge in [0.25, 0.3) is 0 Å². The van der Waals surface area contributed by atoms with Crippen molar-refractivity contribution in [2.75, 3.05) is 0 Å². The Balaban J connectivity index is 0.00000132. The van der Waals surface area contributed by atoms with Gasteiger partial charge in [0.2, 0.25) is 11.0 Å². The number of H-pyrrole nitrogens is 1. The van der Waals surface area contributed by atoms with Crippen molar-refractivity contribution in [2.24, 2.45) is 0 Å². The zero-order valence-electron chi connectivity index (χ0n) is 11.5. The second-order valence-corrected chi connectivity index (χ2v) is 5.04. The van der Waals surface area contributed by atoms with Crippen LogP contribution in [0.1, 0.15) is 0 Å². The number of benzene rings is 2. The number of hydrogen-bond donors (Lipinski definition) is 1. The molecule has 0 saturated heterocycles. The average Bonchev–Trinajstić information content (AvgIpc) is 2.85. The van der Waals surface area contributed by atoms with Crippen LogP contribution < -0.4 is 21.5 Å². The van der Waals surface area contributed by atoms with Gasteiger partial charge in [0.1, 0.15) is 5.52 Å². The number of halogens is 1. The minimum absolute atomic E-state index is 0. The van der Waals surface area contributed by atoms with Gasteiger partial charge in [0, 0.05) is 11.5 Å². The quantitative estimate of drug-likeness (QED) is 0.415. The first-order valence-corrected chi connectivity index (χ1v) is 6.81. The number of pyridine rings is 1. The predicted molar refractivity (Wildman–Crippen MR) is 83.7 cm³/mol. The highest BCUT2D eigenvalue weighted by Crippen LogP contribution is 2.25. The fourth-order valence-corrected chi connectivity index (χ4v) is 2.99. The standard InChI is InChI=1S/C18H14N2.BrH/c1-2-11-20-17-10-6-3-7-13(17)12-16-18(20)14-8-4-5-9-15(14)19-16;/h2-10,12H,1,11H2;1H. The van der Waals surface area contributed by atoms with Gasteiger partial charge in [0.05, 0.1) is 10.9 Å². The summed E-state index contributed by atoms with van der Waals surface area (Å²) in [7, 11) is 0. The van der Waals surface area contributed by atoms with Crippen molar-refractivity contribution in [3.8, 4) is 0 Å². The van der Waals surface area contributed by atoms with Crippen molar-refractivity contribution >= 4 is 32.8 Å². The number of para-hydroxylation sites is 2. The Morgan fingerprint density at radius 3 is 2.62 bits per heavy atom. The largest absolute Gasteiger partial charge is 1.00 e. The summed E-state index contributed by atoms with van der Waals surface area (Å²) in [6.45, 7) is 4.71. The number of hydrogen-bond acceptors (Lipinski definition) is 0. The first kappa shape index (κ1) is 13.8. The highest BCUT2D eigenvalue weighted by Gasteiger charge is 2.18. The molecule has 104 valence electrons. The summed E-state index contributed by atoms with van der Waals surface area (Å²) in [5, 5.41) is 2.50. The third kappa shape index (κ3) is 2.05. The minimum Gasteiger partial charge on any atom is -1.00 e. The molecule has 0 aliphatic heterocycles. The van der Waals surface area contributed by atoms with E-state index < -0.39 is 0 Å². The number of aromatic nitrogens is 2. The van der Waals surface area contributed by atoms with Crippen molar-refractivity contribution in [2.45, 2.75) is 6.54 Å². The predicted octanol–water partition coefficient (Wildman–Crippen LogP) is 0.952. The monoisotopic (exact) mass is 338 g/mol. The Morgan fingerprint density at radius 1 is 1.00 bits per heavy atom. The zero-order valence-corrected chi connectivity index (χ0v) is 13.1. The number of nitrogens with one attached hydrogen (secondary N) is 1. The van der Waals surface area contributed by atoms with E-state index in [9.17, 15) is 0 Å². The van der Waals surface area contributed by atoms with Gasteiger partial charge < -0.3 is 22.0 Å². The highest BCUT2D eigenvalue weighted by molar-refractivity contribution is 6.05. The molecule has 21 heavy (non-hydrogen) atoms. The lowest BCUT2D eigenvalue weighted by atomic mass is 10.1. The third-order valence-electron chi connectivity index (χ3n) is 3.82. The minimum atomic E-state index is 0. The van der Waals surface area contributed by atoms with Gasteiger partial charge in [-0.2, -0.15) is 4.57 Å². The summed E-state index contributed by atoms with van der Waals surface area (Å²) in [5.74, 6) is 0. The number of nitrogens with zero attached hydrogens (tertiary/aromatic N) is 1. The summed E-state index contributed by atoms with van der Waals surface area (Å²) in [6.07, 6.45) is 1.95. The van der Waals surface area contributed by atoms with E-state index in [1.54, 1.807) is 0 Å². The second kappa shape index (κ2) is 5.34. The molecule has 0 bridgehead atoms. The molecule has 0 atom stereocenters. The molecule has 0 aliphatic rings. The fraction of sp³-hybridized carbons (Fsp3) is 0.0556. The number of fused-ring (bicyclic) bond motifs is 4. The maximum atomic E-state index is 3.90. The summed E-state index contributed by atoms with van der Waals surface area (Å²) in [5.41, 5.74) is 4.84. The van der Waals surface area contributed by atoms with Gasteiger partial charge in [-0.25, -0.2) is 0 Å². The molecule has 2 heterocycles. The molecule has 0 radical (unpaired) electrons. The molecule has 2 aromatic heterocycles. The number of rotatable bonds is 2. The van der Waals surface area contributed by atoms with Crippen molar-refractivity contribution in [3.63, 3.8) is 0 Å². The summed E-state index contributed by atoms with van der Waals surface area (Å²) >= 11 is 0. The van der Waals surface area contributed by atoms with E-state index >= 15 is 0 Å². The van der Waals surface area contributed by atoms with E-state index in [-0.39, 0.29) is 17.0 Å². The molecule has 0 amide bonds. The van der Waals surface area contributed by atoms with Gasteiger partial charge >= 0.3 is 0 Å². The molecule has 2 aromatic carbocycles. The van der Waals surface area contributed by atoms with Crippen LogP contribution in [0.15, 0.2) is 67.3 Å². The molecular weight excluding hydrogens is 324 g/mol. The lowest BCUT2D eigenvalue weighted by Gasteiger charge is -2.01. The summed E-state index contributed by atoms with van der Waals surface area (Å²) in [4.78, 5) is 3.51. The van der Waals surface area contributed by atoms with Crippen LogP contribution in [-0.4, -0.2) is 4.98 Å². The Morgan fingerprint density at radius 2 is 1.76 bits per heavy atom. The Hall–Kier alpha value is -2.13. The third-order valence-corrected chi connectivity index (χ3v) is 3.82. The Bertz CT molecular complexity index is 953. The van der Waals surface area contributed by atoms with Gasteiger partial charge in [-0.3, -0.25) is 0 Å². The smallest absolute Gasteiger partial charge is 0.239 e. The first-order chi connectivity index (χ1) is 9.88. The van der Waals surface area contributed by atoms with Crippen molar-refractivity contribution in [1.82, 2.24) is 4.98 Å². The normalized spacial score (nSPS) is 10.9.